The SMILES string of the molecule is NC1CC2CCCC(C1)C2NC(=O)C1(c2ccccc2)CCCC1. The number of nitrogens with one attached hydrogen (secondary N) is 1. The summed E-state index contributed by atoms with van der Waals surface area (Å²) in [4.78, 5) is 13.4. The molecule has 130 valence electrons. The van der Waals surface area contributed by atoms with Gasteiger partial charge in [0.25, 0.3) is 0 Å². The normalized spacial score (nSPS) is 34.7. The molecule has 0 saturated heterocycles. The molecule has 0 heterocycles. The Kier molecular flexibility index (Phi) is 4.38. The molecule has 1 amide bonds. The highest BCUT2D eigenvalue weighted by Gasteiger charge is 2.46. The number of benzene rings is 1. The Morgan fingerprint density at radius 3 is 2.25 bits per heavy atom. The lowest BCUT2D eigenvalue weighted by molar-refractivity contribution is -0.129. The van der Waals surface area contributed by atoms with E-state index < -0.39 is 0 Å². The smallest absolute Gasteiger partial charge is 0.230 e. The lowest BCUT2D eigenvalue weighted by Crippen LogP contribution is -2.57. The van der Waals surface area contributed by atoms with Crippen LogP contribution in [-0.4, -0.2) is 18.0 Å². The van der Waals surface area contributed by atoms with Gasteiger partial charge in [-0.3, -0.25) is 4.79 Å². The molecule has 1 aromatic rings. The van der Waals surface area contributed by atoms with Gasteiger partial charge in [-0.2, -0.15) is 0 Å². The van der Waals surface area contributed by atoms with E-state index in [1.807, 2.05) is 6.07 Å². The van der Waals surface area contributed by atoms with Crippen molar-refractivity contribution in [2.75, 3.05) is 0 Å². The second kappa shape index (κ2) is 6.51. The van der Waals surface area contributed by atoms with Gasteiger partial charge in [0.15, 0.2) is 0 Å². The van der Waals surface area contributed by atoms with Crippen molar-refractivity contribution in [1.82, 2.24) is 5.32 Å². The summed E-state index contributed by atoms with van der Waals surface area (Å²) in [6, 6.07) is 11.1. The third kappa shape index (κ3) is 2.77. The van der Waals surface area contributed by atoms with E-state index in [4.69, 9.17) is 5.73 Å². The minimum Gasteiger partial charge on any atom is -0.352 e. The van der Waals surface area contributed by atoms with Crippen LogP contribution < -0.4 is 11.1 Å². The summed E-state index contributed by atoms with van der Waals surface area (Å²) in [5, 5.41) is 3.53. The van der Waals surface area contributed by atoms with Gasteiger partial charge in [0.1, 0.15) is 0 Å². The van der Waals surface area contributed by atoms with Gasteiger partial charge in [0.2, 0.25) is 5.91 Å². The molecule has 4 rings (SSSR count). The molecular formula is C21H30N2O. The highest BCUT2D eigenvalue weighted by Crippen LogP contribution is 2.44. The first kappa shape index (κ1) is 16.1. The summed E-state index contributed by atoms with van der Waals surface area (Å²) in [6.07, 6.45) is 10.2. The van der Waals surface area contributed by atoms with Crippen molar-refractivity contribution in [3.8, 4) is 0 Å². The maximum Gasteiger partial charge on any atom is 0.230 e. The van der Waals surface area contributed by atoms with Gasteiger partial charge in [0, 0.05) is 12.1 Å². The molecular weight excluding hydrogens is 296 g/mol. The van der Waals surface area contributed by atoms with E-state index in [-0.39, 0.29) is 11.3 Å². The Bertz CT molecular complexity index is 565. The van der Waals surface area contributed by atoms with E-state index in [9.17, 15) is 4.79 Å². The van der Waals surface area contributed by atoms with E-state index in [2.05, 4.69) is 29.6 Å². The third-order valence-electron chi connectivity index (χ3n) is 6.89. The number of nitrogens with two attached hydrogens (primary N) is 1. The highest BCUT2D eigenvalue weighted by atomic mass is 16.2. The second-order valence-electron chi connectivity index (χ2n) is 8.34. The first-order valence-corrected chi connectivity index (χ1v) is 9.81. The maximum absolute atomic E-state index is 13.4. The van der Waals surface area contributed by atoms with Gasteiger partial charge in [-0.25, -0.2) is 0 Å². The van der Waals surface area contributed by atoms with Gasteiger partial charge < -0.3 is 11.1 Å². The molecule has 1 aromatic carbocycles. The van der Waals surface area contributed by atoms with Gasteiger partial charge in [-0.1, -0.05) is 49.6 Å². The minimum atomic E-state index is -0.297. The van der Waals surface area contributed by atoms with Gasteiger partial charge in [0.05, 0.1) is 5.41 Å². The maximum atomic E-state index is 13.4. The molecule has 0 aromatic heterocycles. The van der Waals surface area contributed by atoms with Crippen LogP contribution in [-0.2, 0) is 10.2 Å². The summed E-state index contributed by atoms with van der Waals surface area (Å²) < 4.78 is 0. The molecule has 3 saturated carbocycles. The molecule has 2 bridgehead atoms. The van der Waals surface area contributed by atoms with Gasteiger partial charge in [-0.05, 0) is 55.9 Å². The molecule has 0 radical (unpaired) electrons. The zero-order chi connectivity index (χ0) is 16.6. The fourth-order valence-corrected chi connectivity index (χ4v) is 5.70. The quantitative estimate of drug-likeness (QED) is 0.893. The lowest BCUT2D eigenvalue weighted by Gasteiger charge is -2.46. The van der Waals surface area contributed by atoms with E-state index in [0.29, 0.717) is 23.9 Å². The highest BCUT2D eigenvalue weighted by molar-refractivity contribution is 5.89. The van der Waals surface area contributed by atoms with Crippen LogP contribution in [0.15, 0.2) is 30.3 Å². The number of hydrogen-bond acceptors (Lipinski definition) is 2. The van der Waals surface area contributed by atoms with Gasteiger partial charge >= 0.3 is 0 Å². The molecule has 3 aliphatic rings. The van der Waals surface area contributed by atoms with Crippen LogP contribution in [0, 0.1) is 11.8 Å². The Hall–Kier alpha value is -1.35. The number of carbonyl (C=O) groups excluding carboxylic acids is 1. The Labute approximate surface area is 145 Å². The van der Waals surface area contributed by atoms with E-state index >= 15 is 0 Å². The topological polar surface area (TPSA) is 55.1 Å². The van der Waals surface area contributed by atoms with Crippen molar-refractivity contribution >= 4 is 5.91 Å². The first-order valence-electron chi connectivity index (χ1n) is 9.81. The first-order chi connectivity index (χ1) is 11.7. The summed E-state index contributed by atoms with van der Waals surface area (Å²) in [6.45, 7) is 0. The van der Waals surface area contributed by atoms with Crippen molar-refractivity contribution in [1.29, 1.82) is 0 Å². The number of fused-ring (bicyclic) bond motifs is 2. The fourth-order valence-electron chi connectivity index (χ4n) is 5.70. The molecule has 3 fully saturated rings. The monoisotopic (exact) mass is 326 g/mol. The Balaban J connectivity index is 1.56. The zero-order valence-electron chi connectivity index (χ0n) is 14.5. The summed E-state index contributed by atoms with van der Waals surface area (Å²) >= 11 is 0. The Morgan fingerprint density at radius 1 is 1.00 bits per heavy atom. The van der Waals surface area contributed by atoms with Crippen LogP contribution in [0.25, 0.3) is 0 Å². The van der Waals surface area contributed by atoms with Crippen LogP contribution in [0.2, 0.25) is 0 Å². The molecule has 3 heteroatoms. The predicted molar refractivity (Wildman–Crippen MR) is 96.6 cm³/mol. The van der Waals surface area contributed by atoms with Crippen molar-refractivity contribution in [3.05, 3.63) is 35.9 Å². The lowest BCUT2D eigenvalue weighted by atomic mass is 9.66. The molecule has 3 N–H and O–H groups in total. The molecule has 0 aliphatic heterocycles. The number of amides is 1. The fraction of sp³-hybridized carbons (Fsp3) is 0.667. The molecule has 3 aliphatic carbocycles. The van der Waals surface area contributed by atoms with Crippen molar-refractivity contribution in [2.45, 2.75) is 75.3 Å². The summed E-state index contributed by atoms with van der Waals surface area (Å²) in [5.74, 6) is 1.46. The predicted octanol–water partition coefficient (Wildman–Crippen LogP) is 3.52. The van der Waals surface area contributed by atoms with Crippen molar-refractivity contribution in [2.24, 2.45) is 17.6 Å². The molecule has 0 spiro atoms. The van der Waals surface area contributed by atoms with Crippen LogP contribution in [0.4, 0.5) is 0 Å². The number of rotatable bonds is 3. The molecule has 3 nitrogen and oxygen atoms in total. The van der Waals surface area contributed by atoms with E-state index in [0.717, 1.165) is 38.5 Å². The number of carbonyl (C=O) groups is 1. The zero-order valence-corrected chi connectivity index (χ0v) is 14.5. The summed E-state index contributed by atoms with van der Waals surface area (Å²) in [5.41, 5.74) is 7.15. The average molecular weight is 326 g/mol. The van der Waals surface area contributed by atoms with Crippen LogP contribution >= 0.6 is 0 Å². The minimum absolute atomic E-state index is 0.281. The van der Waals surface area contributed by atoms with Crippen molar-refractivity contribution < 1.29 is 4.79 Å². The molecule has 24 heavy (non-hydrogen) atoms. The van der Waals surface area contributed by atoms with Crippen LogP contribution in [0.5, 0.6) is 0 Å². The molecule has 2 atom stereocenters. The van der Waals surface area contributed by atoms with Crippen LogP contribution in [0.1, 0.15) is 63.4 Å². The van der Waals surface area contributed by atoms with E-state index in [1.54, 1.807) is 0 Å². The second-order valence-corrected chi connectivity index (χ2v) is 8.34. The third-order valence-corrected chi connectivity index (χ3v) is 6.89. The average Bonchev–Trinajstić information content (AvgIpc) is 3.07. The van der Waals surface area contributed by atoms with Gasteiger partial charge in [-0.15, -0.1) is 0 Å². The Morgan fingerprint density at radius 2 is 1.62 bits per heavy atom. The van der Waals surface area contributed by atoms with E-state index in [1.165, 1.54) is 24.8 Å². The summed E-state index contributed by atoms with van der Waals surface area (Å²) in [7, 11) is 0. The van der Waals surface area contributed by atoms with Crippen molar-refractivity contribution in [3.63, 3.8) is 0 Å². The largest absolute Gasteiger partial charge is 0.352 e. The number of hydrogen-bond donors (Lipinski definition) is 2. The standard InChI is InChI=1S/C21H30N2O/c22-18-13-15-7-6-8-16(14-18)19(15)23-20(24)21(11-4-5-12-21)17-9-2-1-3-10-17/h1-3,9-10,15-16,18-19H,4-8,11-14,22H2,(H,23,24). The van der Waals surface area contributed by atoms with Crippen LogP contribution in [0.3, 0.4) is 0 Å². The molecule has 2 unspecified atom stereocenters.